The van der Waals surface area contributed by atoms with E-state index in [1.165, 1.54) is 0 Å². The summed E-state index contributed by atoms with van der Waals surface area (Å²) in [5.41, 5.74) is 0.784. The fraction of sp³-hybridized carbons (Fsp3) is 0.500. The number of aromatic nitrogens is 1. The van der Waals surface area contributed by atoms with Crippen LogP contribution in [0.1, 0.15) is 19.8 Å². The van der Waals surface area contributed by atoms with E-state index in [1.54, 1.807) is 0 Å². The van der Waals surface area contributed by atoms with Gasteiger partial charge in [0.25, 0.3) is 0 Å². The molecule has 0 spiro atoms. The number of carboxylic acids is 1. The third-order valence-electron chi connectivity index (χ3n) is 4.44. The van der Waals surface area contributed by atoms with E-state index in [9.17, 15) is 4.79 Å². The summed E-state index contributed by atoms with van der Waals surface area (Å²) in [7, 11) is 0. The SMILES string of the molecule is CCN(CC(=O)O)C1CCN(c2noc3ccc(Br)cc23)CC1. The number of nitrogens with zero attached hydrogens (tertiary/aromatic N) is 3. The van der Waals surface area contributed by atoms with Crippen LogP contribution in [0.15, 0.2) is 27.2 Å². The Labute approximate surface area is 143 Å². The van der Waals surface area contributed by atoms with Gasteiger partial charge in [0.1, 0.15) is 0 Å². The van der Waals surface area contributed by atoms with Crippen LogP contribution in [0.4, 0.5) is 5.82 Å². The molecule has 1 aliphatic rings. The average molecular weight is 382 g/mol. The summed E-state index contributed by atoms with van der Waals surface area (Å²) in [5.74, 6) is 0.114. The molecule has 0 saturated carbocycles. The molecule has 0 atom stereocenters. The number of piperidine rings is 1. The largest absolute Gasteiger partial charge is 0.480 e. The maximum Gasteiger partial charge on any atom is 0.317 e. The van der Waals surface area contributed by atoms with Crippen molar-refractivity contribution in [3.05, 3.63) is 22.7 Å². The summed E-state index contributed by atoms with van der Waals surface area (Å²) in [5, 5.41) is 14.2. The Bertz CT molecular complexity index is 695. The highest BCUT2D eigenvalue weighted by molar-refractivity contribution is 9.10. The number of carboxylic acid groups (broad SMARTS) is 1. The second kappa shape index (κ2) is 6.88. The average Bonchev–Trinajstić information content (AvgIpc) is 2.95. The van der Waals surface area contributed by atoms with Crippen molar-refractivity contribution in [2.24, 2.45) is 0 Å². The van der Waals surface area contributed by atoms with E-state index in [0.717, 1.165) is 53.7 Å². The van der Waals surface area contributed by atoms with Crippen molar-refractivity contribution in [3.8, 4) is 0 Å². The van der Waals surface area contributed by atoms with Crippen molar-refractivity contribution < 1.29 is 14.4 Å². The Morgan fingerprint density at radius 3 is 2.87 bits per heavy atom. The van der Waals surface area contributed by atoms with E-state index in [4.69, 9.17) is 9.63 Å². The molecule has 0 amide bonds. The second-order valence-corrected chi connectivity index (χ2v) is 6.74. The van der Waals surface area contributed by atoms with Crippen molar-refractivity contribution in [1.82, 2.24) is 10.1 Å². The van der Waals surface area contributed by atoms with Gasteiger partial charge in [0.2, 0.25) is 0 Å². The normalized spacial score (nSPS) is 16.4. The predicted octanol–water partition coefficient (Wildman–Crippen LogP) is 2.97. The van der Waals surface area contributed by atoms with Crippen molar-refractivity contribution >= 4 is 38.7 Å². The molecule has 124 valence electrons. The summed E-state index contributed by atoms with van der Waals surface area (Å²) in [6, 6.07) is 6.19. The van der Waals surface area contributed by atoms with Gasteiger partial charge in [-0.1, -0.05) is 28.0 Å². The van der Waals surface area contributed by atoms with Crippen molar-refractivity contribution in [2.75, 3.05) is 31.1 Å². The van der Waals surface area contributed by atoms with Crippen LogP contribution in [-0.2, 0) is 4.79 Å². The lowest BCUT2D eigenvalue weighted by atomic mass is 10.0. The third kappa shape index (κ3) is 3.50. The van der Waals surface area contributed by atoms with E-state index in [1.807, 2.05) is 30.0 Å². The van der Waals surface area contributed by atoms with E-state index in [0.29, 0.717) is 6.04 Å². The first-order chi connectivity index (χ1) is 11.1. The van der Waals surface area contributed by atoms with Crippen molar-refractivity contribution in [3.63, 3.8) is 0 Å². The highest BCUT2D eigenvalue weighted by atomic mass is 79.9. The molecular formula is C16H20BrN3O3. The van der Waals surface area contributed by atoms with E-state index < -0.39 is 5.97 Å². The lowest BCUT2D eigenvalue weighted by Gasteiger charge is -2.37. The number of rotatable bonds is 5. The van der Waals surface area contributed by atoms with E-state index >= 15 is 0 Å². The highest BCUT2D eigenvalue weighted by Gasteiger charge is 2.27. The van der Waals surface area contributed by atoms with Gasteiger partial charge in [-0.25, -0.2) is 0 Å². The van der Waals surface area contributed by atoms with Crippen LogP contribution in [0, 0.1) is 0 Å². The van der Waals surface area contributed by atoms with Crippen LogP contribution < -0.4 is 4.90 Å². The Morgan fingerprint density at radius 1 is 1.48 bits per heavy atom. The number of carbonyl (C=O) groups is 1. The van der Waals surface area contributed by atoms with E-state index in [2.05, 4.69) is 26.0 Å². The molecule has 1 aromatic carbocycles. The molecule has 0 bridgehead atoms. The molecule has 6 nitrogen and oxygen atoms in total. The fourth-order valence-electron chi connectivity index (χ4n) is 3.24. The fourth-order valence-corrected chi connectivity index (χ4v) is 3.60. The third-order valence-corrected chi connectivity index (χ3v) is 4.93. The van der Waals surface area contributed by atoms with Crippen molar-refractivity contribution in [1.29, 1.82) is 0 Å². The molecule has 0 aliphatic carbocycles. The molecule has 1 aliphatic heterocycles. The number of anilines is 1. The molecule has 23 heavy (non-hydrogen) atoms. The number of halogens is 1. The molecule has 1 fully saturated rings. The Hall–Kier alpha value is -1.60. The van der Waals surface area contributed by atoms with Crippen molar-refractivity contribution in [2.45, 2.75) is 25.8 Å². The minimum Gasteiger partial charge on any atom is -0.480 e. The standard InChI is InChI=1S/C16H20BrN3O3/c1-2-19(10-15(21)22)12-5-7-20(8-6-12)16-13-9-11(17)3-4-14(13)23-18-16/h3-4,9,12H,2,5-8,10H2,1H3,(H,21,22). The van der Waals surface area contributed by atoms with Gasteiger partial charge in [0.05, 0.1) is 11.9 Å². The number of fused-ring (bicyclic) bond motifs is 1. The lowest BCUT2D eigenvalue weighted by Crippen LogP contribution is -2.46. The first-order valence-corrected chi connectivity index (χ1v) is 8.63. The van der Waals surface area contributed by atoms with Crippen LogP contribution in [0.25, 0.3) is 11.0 Å². The summed E-state index contributed by atoms with van der Waals surface area (Å²) in [6.45, 7) is 4.60. The maximum absolute atomic E-state index is 11.0. The molecule has 0 radical (unpaired) electrons. The van der Waals surface area contributed by atoms with Gasteiger partial charge < -0.3 is 14.5 Å². The van der Waals surface area contributed by atoms with Crippen LogP contribution in [-0.4, -0.2) is 53.4 Å². The van der Waals surface area contributed by atoms with Crippen LogP contribution in [0.2, 0.25) is 0 Å². The van der Waals surface area contributed by atoms with Gasteiger partial charge in [0.15, 0.2) is 11.4 Å². The molecular weight excluding hydrogens is 362 g/mol. The zero-order chi connectivity index (χ0) is 16.4. The van der Waals surface area contributed by atoms with Gasteiger partial charge in [-0.15, -0.1) is 0 Å². The molecule has 1 N–H and O–H groups in total. The molecule has 0 unspecified atom stereocenters. The number of aliphatic carboxylic acids is 1. The molecule has 1 saturated heterocycles. The molecule has 2 aromatic rings. The molecule has 7 heteroatoms. The van der Waals surface area contributed by atoms with Gasteiger partial charge in [-0.2, -0.15) is 0 Å². The van der Waals surface area contributed by atoms with E-state index in [-0.39, 0.29) is 6.54 Å². The smallest absolute Gasteiger partial charge is 0.317 e. The first kappa shape index (κ1) is 16.3. The first-order valence-electron chi connectivity index (χ1n) is 7.84. The van der Waals surface area contributed by atoms with Gasteiger partial charge >= 0.3 is 5.97 Å². The second-order valence-electron chi connectivity index (χ2n) is 5.82. The molecule has 1 aromatic heterocycles. The number of hydrogen-bond acceptors (Lipinski definition) is 5. The lowest BCUT2D eigenvalue weighted by molar-refractivity contribution is -0.139. The number of likely N-dealkylation sites (N-methyl/N-ethyl adjacent to an activating group) is 1. The quantitative estimate of drug-likeness (QED) is 0.858. The zero-order valence-corrected chi connectivity index (χ0v) is 14.6. The van der Waals surface area contributed by atoms with Crippen LogP contribution in [0.5, 0.6) is 0 Å². The van der Waals surface area contributed by atoms with Gasteiger partial charge in [-0.3, -0.25) is 9.69 Å². The maximum atomic E-state index is 11.0. The minimum absolute atomic E-state index is 0.112. The number of benzene rings is 1. The summed E-state index contributed by atoms with van der Waals surface area (Å²) >= 11 is 3.49. The minimum atomic E-state index is -0.762. The Balaban J connectivity index is 1.70. The predicted molar refractivity (Wildman–Crippen MR) is 91.8 cm³/mol. The molecule has 2 heterocycles. The van der Waals surface area contributed by atoms with Gasteiger partial charge in [0, 0.05) is 23.6 Å². The zero-order valence-electron chi connectivity index (χ0n) is 13.0. The summed E-state index contributed by atoms with van der Waals surface area (Å²) in [6.07, 6.45) is 1.87. The Kier molecular flexibility index (Phi) is 4.87. The topological polar surface area (TPSA) is 69.8 Å². The molecule has 3 rings (SSSR count). The number of hydrogen-bond donors (Lipinski definition) is 1. The highest BCUT2D eigenvalue weighted by Crippen LogP contribution is 2.31. The summed E-state index contributed by atoms with van der Waals surface area (Å²) in [4.78, 5) is 15.2. The van der Waals surface area contributed by atoms with Crippen LogP contribution >= 0.6 is 15.9 Å². The van der Waals surface area contributed by atoms with Gasteiger partial charge in [-0.05, 0) is 37.6 Å². The van der Waals surface area contributed by atoms with Crippen LogP contribution in [0.3, 0.4) is 0 Å². The Morgan fingerprint density at radius 2 is 2.22 bits per heavy atom. The summed E-state index contributed by atoms with van der Waals surface area (Å²) < 4.78 is 6.41. The monoisotopic (exact) mass is 381 g/mol.